The van der Waals surface area contributed by atoms with Crippen LogP contribution in [0.15, 0.2) is 62.6 Å². The SMILES string of the molecule is CCCc1nc(C)c(CC2CCCCO2)c(=O)n1Cc1ccc(-c2ccccc2-c2noc(=O)[nH]2)cc1.[KH]. The van der Waals surface area contributed by atoms with Gasteiger partial charge in [0.15, 0.2) is 5.82 Å². The van der Waals surface area contributed by atoms with Crippen LogP contribution in [0.1, 0.15) is 55.3 Å². The van der Waals surface area contributed by atoms with Crippen molar-refractivity contribution < 1.29 is 9.26 Å². The molecule has 3 heterocycles. The van der Waals surface area contributed by atoms with Crippen LogP contribution < -0.4 is 11.3 Å². The number of hydrogen-bond donors (Lipinski definition) is 1. The summed E-state index contributed by atoms with van der Waals surface area (Å²) in [5.41, 5.74) is 5.31. The number of ether oxygens (including phenoxy) is 1. The van der Waals surface area contributed by atoms with Gasteiger partial charge in [0.05, 0.1) is 12.6 Å². The van der Waals surface area contributed by atoms with E-state index in [-0.39, 0.29) is 63.0 Å². The Kier molecular flexibility index (Phi) is 10.1. The standard InChI is InChI=1S/C29H32N4O4.K.H/c1-3-8-26-30-19(2)25(17-22-9-6-7-16-36-22)28(34)33(26)18-20-12-14-21(15-13-20)23-10-4-5-11-24(23)27-31-29(35)37-32-27;;/h4-5,10-15,22H,3,6-9,16-18H2,1-2H3,(H,31,32,35);;. The molecule has 194 valence electrons. The summed E-state index contributed by atoms with van der Waals surface area (Å²) in [5, 5.41) is 3.84. The Hall–Kier alpha value is -2.14. The van der Waals surface area contributed by atoms with Gasteiger partial charge in [-0.3, -0.25) is 18.9 Å². The number of nitrogens with one attached hydrogen (secondary N) is 1. The van der Waals surface area contributed by atoms with Gasteiger partial charge in [-0.05, 0) is 49.3 Å². The van der Waals surface area contributed by atoms with Crippen LogP contribution in [0.4, 0.5) is 0 Å². The molecule has 1 saturated heterocycles. The molecule has 0 amide bonds. The van der Waals surface area contributed by atoms with Gasteiger partial charge in [0, 0.05) is 36.3 Å². The third-order valence-electron chi connectivity index (χ3n) is 6.96. The molecule has 38 heavy (non-hydrogen) atoms. The van der Waals surface area contributed by atoms with Crippen LogP contribution in [0, 0.1) is 6.92 Å². The summed E-state index contributed by atoms with van der Waals surface area (Å²) in [6, 6.07) is 15.8. The van der Waals surface area contributed by atoms with Crippen LogP contribution >= 0.6 is 0 Å². The Bertz CT molecular complexity index is 1480. The molecule has 0 saturated carbocycles. The van der Waals surface area contributed by atoms with Gasteiger partial charge in [0.25, 0.3) is 5.56 Å². The van der Waals surface area contributed by atoms with E-state index in [0.717, 1.165) is 78.0 Å². The van der Waals surface area contributed by atoms with Crippen molar-refractivity contribution in [2.24, 2.45) is 0 Å². The predicted octanol–water partition coefficient (Wildman–Crippen LogP) is 4.03. The Morgan fingerprint density at radius 1 is 1.05 bits per heavy atom. The number of hydrogen-bond acceptors (Lipinski definition) is 6. The maximum atomic E-state index is 13.7. The van der Waals surface area contributed by atoms with Crippen LogP contribution in [0.25, 0.3) is 22.5 Å². The molecule has 0 aliphatic carbocycles. The third kappa shape index (κ3) is 6.52. The summed E-state index contributed by atoms with van der Waals surface area (Å²) in [4.78, 5) is 32.6. The van der Waals surface area contributed by atoms with Gasteiger partial charge in [-0.25, -0.2) is 9.78 Å². The minimum atomic E-state index is -0.588. The fourth-order valence-electron chi connectivity index (χ4n) is 5.02. The fourth-order valence-corrected chi connectivity index (χ4v) is 5.02. The molecule has 1 atom stereocenters. The van der Waals surface area contributed by atoms with Gasteiger partial charge in [-0.2, -0.15) is 0 Å². The molecule has 9 heteroatoms. The van der Waals surface area contributed by atoms with Gasteiger partial charge in [0.2, 0.25) is 0 Å². The Labute approximate surface area is 264 Å². The zero-order chi connectivity index (χ0) is 25.8. The molecular weight excluding hydrogens is 507 g/mol. The number of benzene rings is 2. The zero-order valence-electron chi connectivity index (χ0n) is 21.3. The normalized spacial score (nSPS) is 15.3. The summed E-state index contributed by atoms with van der Waals surface area (Å²) in [5.74, 6) is 0.623. The van der Waals surface area contributed by atoms with Gasteiger partial charge in [-0.1, -0.05) is 60.6 Å². The molecule has 5 rings (SSSR count). The molecule has 0 radical (unpaired) electrons. The number of nitrogens with zero attached hydrogens (tertiary/aromatic N) is 3. The molecule has 8 nitrogen and oxygen atoms in total. The van der Waals surface area contributed by atoms with E-state index in [2.05, 4.69) is 17.1 Å². The van der Waals surface area contributed by atoms with E-state index < -0.39 is 5.76 Å². The van der Waals surface area contributed by atoms with E-state index in [1.165, 1.54) is 0 Å². The quantitative estimate of drug-likeness (QED) is 0.339. The molecular formula is C29H33KN4O4. The minimum absolute atomic E-state index is 0. The number of aryl methyl sites for hydroxylation is 2. The summed E-state index contributed by atoms with van der Waals surface area (Å²) in [6.45, 7) is 5.27. The van der Waals surface area contributed by atoms with Gasteiger partial charge >= 0.3 is 57.1 Å². The average molecular weight is 541 g/mol. The molecule has 2 aromatic heterocycles. The molecule has 1 N–H and O–H groups in total. The van der Waals surface area contributed by atoms with Crippen molar-refractivity contribution in [3.05, 3.63) is 92.1 Å². The van der Waals surface area contributed by atoms with E-state index in [1.54, 1.807) is 0 Å². The molecule has 1 aliphatic rings. The zero-order valence-corrected chi connectivity index (χ0v) is 21.3. The number of aromatic amines is 1. The number of rotatable bonds is 8. The molecule has 1 unspecified atom stereocenters. The van der Waals surface area contributed by atoms with Crippen molar-refractivity contribution in [2.45, 2.75) is 65.0 Å². The van der Waals surface area contributed by atoms with Crippen molar-refractivity contribution in [3.63, 3.8) is 0 Å². The van der Waals surface area contributed by atoms with Crippen molar-refractivity contribution in [3.8, 4) is 22.5 Å². The average Bonchev–Trinajstić information content (AvgIpc) is 3.36. The molecule has 1 aliphatic heterocycles. The second-order valence-electron chi connectivity index (χ2n) is 9.61. The van der Waals surface area contributed by atoms with Crippen molar-refractivity contribution >= 4 is 51.4 Å². The monoisotopic (exact) mass is 540 g/mol. The molecule has 2 aromatic carbocycles. The van der Waals surface area contributed by atoms with E-state index in [4.69, 9.17) is 14.2 Å². The van der Waals surface area contributed by atoms with E-state index in [0.29, 0.717) is 18.8 Å². The van der Waals surface area contributed by atoms with Gasteiger partial charge in [0.1, 0.15) is 5.82 Å². The first-order valence-corrected chi connectivity index (χ1v) is 13.0. The maximum absolute atomic E-state index is 13.7. The second-order valence-corrected chi connectivity index (χ2v) is 9.61. The molecule has 0 spiro atoms. The topological polar surface area (TPSA) is 103 Å². The van der Waals surface area contributed by atoms with Crippen LogP contribution in [-0.2, 0) is 24.1 Å². The van der Waals surface area contributed by atoms with Crippen molar-refractivity contribution in [1.82, 2.24) is 19.7 Å². The first-order chi connectivity index (χ1) is 18.0. The van der Waals surface area contributed by atoms with Crippen LogP contribution in [-0.4, -0.2) is 83.8 Å². The first-order valence-electron chi connectivity index (χ1n) is 13.0. The molecule has 0 bridgehead atoms. The number of aromatic nitrogens is 4. The third-order valence-corrected chi connectivity index (χ3v) is 6.96. The van der Waals surface area contributed by atoms with Crippen molar-refractivity contribution in [2.75, 3.05) is 6.61 Å². The Morgan fingerprint density at radius 2 is 1.82 bits per heavy atom. The van der Waals surface area contributed by atoms with Crippen LogP contribution in [0.2, 0.25) is 0 Å². The second kappa shape index (κ2) is 13.3. The predicted molar refractivity (Wildman–Crippen MR) is 149 cm³/mol. The van der Waals surface area contributed by atoms with Crippen LogP contribution in [0.5, 0.6) is 0 Å². The Balaban J connectivity index is 0.00000336. The van der Waals surface area contributed by atoms with E-state index >= 15 is 0 Å². The molecule has 1 fully saturated rings. The van der Waals surface area contributed by atoms with E-state index in [1.807, 2.05) is 60.0 Å². The Morgan fingerprint density at radius 3 is 2.47 bits per heavy atom. The first kappa shape index (κ1) is 28.9. The summed E-state index contributed by atoms with van der Waals surface area (Å²) < 4.78 is 12.4. The number of H-pyrrole nitrogens is 1. The van der Waals surface area contributed by atoms with Gasteiger partial charge < -0.3 is 4.74 Å². The summed E-state index contributed by atoms with van der Waals surface area (Å²) in [7, 11) is 0. The molecule has 4 aromatic rings. The van der Waals surface area contributed by atoms with Gasteiger partial charge in [-0.15, -0.1) is 0 Å². The summed E-state index contributed by atoms with van der Waals surface area (Å²) in [6.07, 6.45) is 5.58. The summed E-state index contributed by atoms with van der Waals surface area (Å²) >= 11 is 0. The van der Waals surface area contributed by atoms with Crippen molar-refractivity contribution in [1.29, 1.82) is 0 Å². The fraction of sp³-hybridized carbons (Fsp3) is 0.379. The van der Waals surface area contributed by atoms with E-state index in [9.17, 15) is 9.59 Å². The van der Waals surface area contributed by atoms with Crippen LogP contribution in [0.3, 0.4) is 0 Å².